The third-order valence-electron chi connectivity index (χ3n) is 4.30. The van der Waals surface area contributed by atoms with Gasteiger partial charge in [-0.25, -0.2) is 0 Å². The average Bonchev–Trinajstić information content (AvgIpc) is 2.52. The van der Waals surface area contributed by atoms with Crippen LogP contribution in [0.3, 0.4) is 0 Å². The molecule has 2 N–H and O–H groups in total. The SMILES string of the molecule is CC1CCC(N(C)C(=O)c2cccc(C#CCN)c2)CC1. The minimum Gasteiger partial charge on any atom is -0.339 e. The molecule has 0 spiro atoms. The molecule has 0 bridgehead atoms. The van der Waals surface area contributed by atoms with Crippen LogP contribution in [-0.4, -0.2) is 30.4 Å². The maximum Gasteiger partial charge on any atom is 0.253 e. The van der Waals surface area contributed by atoms with Gasteiger partial charge in [0.25, 0.3) is 5.91 Å². The number of rotatable bonds is 2. The van der Waals surface area contributed by atoms with E-state index in [0.29, 0.717) is 18.2 Å². The van der Waals surface area contributed by atoms with E-state index >= 15 is 0 Å². The van der Waals surface area contributed by atoms with Gasteiger partial charge in [-0.15, -0.1) is 0 Å². The van der Waals surface area contributed by atoms with Gasteiger partial charge in [0, 0.05) is 24.2 Å². The quantitative estimate of drug-likeness (QED) is 0.849. The van der Waals surface area contributed by atoms with Crippen LogP contribution in [0.15, 0.2) is 24.3 Å². The van der Waals surface area contributed by atoms with E-state index in [-0.39, 0.29) is 5.91 Å². The Bertz CT molecular complexity index is 548. The number of amides is 1. The van der Waals surface area contributed by atoms with E-state index in [1.807, 2.05) is 36.2 Å². The summed E-state index contributed by atoms with van der Waals surface area (Å²) in [4.78, 5) is 14.5. The predicted molar refractivity (Wildman–Crippen MR) is 85.9 cm³/mol. The zero-order chi connectivity index (χ0) is 15.2. The van der Waals surface area contributed by atoms with Gasteiger partial charge in [-0.3, -0.25) is 4.79 Å². The molecule has 1 aliphatic rings. The van der Waals surface area contributed by atoms with Crippen molar-refractivity contribution in [1.29, 1.82) is 0 Å². The maximum absolute atomic E-state index is 12.6. The van der Waals surface area contributed by atoms with E-state index in [1.165, 1.54) is 12.8 Å². The highest BCUT2D eigenvalue weighted by molar-refractivity contribution is 5.94. The molecule has 1 saturated carbocycles. The zero-order valence-corrected chi connectivity index (χ0v) is 12.9. The molecule has 0 saturated heterocycles. The maximum atomic E-state index is 12.6. The van der Waals surface area contributed by atoms with Crippen molar-refractivity contribution in [2.24, 2.45) is 11.7 Å². The molecule has 1 aromatic rings. The summed E-state index contributed by atoms with van der Waals surface area (Å²) in [6.07, 6.45) is 4.64. The molecule has 0 radical (unpaired) electrons. The molecule has 0 heterocycles. The van der Waals surface area contributed by atoms with Crippen LogP contribution in [0.1, 0.15) is 48.5 Å². The standard InChI is InChI=1S/C18H24N2O/c1-14-8-10-17(11-9-14)20(2)18(21)16-7-3-5-15(13-16)6-4-12-19/h3,5,7,13-14,17H,8-12,19H2,1-2H3. The van der Waals surface area contributed by atoms with Crippen molar-refractivity contribution in [2.75, 3.05) is 13.6 Å². The number of carbonyl (C=O) groups excluding carboxylic acids is 1. The molecule has 3 heteroatoms. The van der Waals surface area contributed by atoms with Crippen molar-refractivity contribution in [1.82, 2.24) is 4.90 Å². The van der Waals surface area contributed by atoms with Gasteiger partial charge in [-0.2, -0.15) is 0 Å². The van der Waals surface area contributed by atoms with Crippen molar-refractivity contribution in [3.05, 3.63) is 35.4 Å². The van der Waals surface area contributed by atoms with Crippen molar-refractivity contribution < 1.29 is 4.79 Å². The average molecular weight is 284 g/mol. The summed E-state index contributed by atoms with van der Waals surface area (Å²) < 4.78 is 0. The van der Waals surface area contributed by atoms with Crippen molar-refractivity contribution in [2.45, 2.75) is 38.6 Å². The Morgan fingerprint density at radius 2 is 2.05 bits per heavy atom. The topological polar surface area (TPSA) is 46.3 Å². The Labute approximate surface area is 127 Å². The van der Waals surface area contributed by atoms with Crippen LogP contribution in [0.5, 0.6) is 0 Å². The lowest BCUT2D eigenvalue weighted by molar-refractivity contribution is 0.0679. The lowest BCUT2D eigenvalue weighted by Gasteiger charge is -2.33. The van der Waals surface area contributed by atoms with Crippen LogP contribution in [0.25, 0.3) is 0 Å². The fourth-order valence-corrected chi connectivity index (χ4v) is 2.88. The molecule has 0 unspecified atom stereocenters. The van der Waals surface area contributed by atoms with Gasteiger partial charge in [0.05, 0.1) is 6.54 Å². The summed E-state index contributed by atoms with van der Waals surface area (Å²) in [5.41, 5.74) is 6.94. The third-order valence-corrected chi connectivity index (χ3v) is 4.30. The lowest BCUT2D eigenvalue weighted by Crippen LogP contribution is -2.39. The van der Waals surface area contributed by atoms with Crippen molar-refractivity contribution in [3.63, 3.8) is 0 Å². The normalized spacial score (nSPS) is 21.3. The molecular weight excluding hydrogens is 260 g/mol. The number of carbonyl (C=O) groups is 1. The second-order valence-corrected chi connectivity index (χ2v) is 5.92. The third kappa shape index (κ3) is 4.09. The summed E-state index contributed by atoms with van der Waals surface area (Å²) in [5, 5.41) is 0. The fourth-order valence-electron chi connectivity index (χ4n) is 2.88. The molecule has 112 valence electrons. The van der Waals surface area contributed by atoms with Crippen LogP contribution in [0.4, 0.5) is 0 Å². The van der Waals surface area contributed by atoms with Gasteiger partial charge in [0.1, 0.15) is 0 Å². The molecule has 3 nitrogen and oxygen atoms in total. The summed E-state index contributed by atoms with van der Waals surface area (Å²) in [7, 11) is 1.92. The molecular formula is C18H24N2O. The molecule has 2 rings (SSSR count). The number of hydrogen-bond acceptors (Lipinski definition) is 2. The Balaban J connectivity index is 2.08. The minimum atomic E-state index is 0.0888. The Hall–Kier alpha value is -1.79. The van der Waals surface area contributed by atoms with Gasteiger partial charge in [-0.05, 0) is 49.8 Å². The molecule has 0 atom stereocenters. The molecule has 0 aromatic heterocycles. The fraction of sp³-hybridized carbons (Fsp3) is 0.500. The smallest absolute Gasteiger partial charge is 0.253 e. The summed E-state index contributed by atoms with van der Waals surface area (Å²) in [6, 6.07) is 7.87. The molecule has 0 aliphatic heterocycles. The predicted octanol–water partition coefficient (Wildman–Crippen LogP) is 2.65. The second kappa shape index (κ2) is 7.28. The highest BCUT2D eigenvalue weighted by Gasteiger charge is 2.25. The van der Waals surface area contributed by atoms with Gasteiger partial charge in [0.15, 0.2) is 0 Å². The van der Waals surface area contributed by atoms with Gasteiger partial charge >= 0.3 is 0 Å². The zero-order valence-electron chi connectivity index (χ0n) is 12.9. The lowest BCUT2D eigenvalue weighted by atomic mass is 9.86. The van der Waals surface area contributed by atoms with E-state index in [0.717, 1.165) is 24.3 Å². The monoisotopic (exact) mass is 284 g/mol. The highest BCUT2D eigenvalue weighted by atomic mass is 16.2. The molecule has 1 fully saturated rings. The first-order valence-corrected chi connectivity index (χ1v) is 7.68. The molecule has 1 aliphatic carbocycles. The van der Waals surface area contributed by atoms with Crippen LogP contribution in [-0.2, 0) is 0 Å². The first kappa shape index (κ1) is 15.6. The second-order valence-electron chi connectivity index (χ2n) is 5.92. The largest absolute Gasteiger partial charge is 0.339 e. The van der Waals surface area contributed by atoms with Crippen LogP contribution < -0.4 is 5.73 Å². The van der Waals surface area contributed by atoms with E-state index in [1.54, 1.807) is 0 Å². The van der Waals surface area contributed by atoms with E-state index < -0.39 is 0 Å². The van der Waals surface area contributed by atoms with Crippen LogP contribution >= 0.6 is 0 Å². The summed E-state index contributed by atoms with van der Waals surface area (Å²) in [5.74, 6) is 6.68. The molecule has 21 heavy (non-hydrogen) atoms. The summed E-state index contributed by atoms with van der Waals surface area (Å²) in [6.45, 7) is 2.62. The van der Waals surface area contributed by atoms with Crippen molar-refractivity contribution >= 4 is 5.91 Å². The first-order chi connectivity index (χ1) is 10.1. The number of benzene rings is 1. The minimum absolute atomic E-state index is 0.0888. The molecule has 1 aromatic carbocycles. The van der Waals surface area contributed by atoms with E-state index in [4.69, 9.17) is 5.73 Å². The number of nitrogens with two attached hydrogens (primary N) is 1. The number of hydrogen-bond donors (Lipinski definition) is 1. The van der Waals surface area contributed by atoms with Gasteiger partial charge < -0.3 is 10.6 Å². The van der Waals surface area contributed by atoms with E-state index in [9.17, 15) is 4.79 Å². The van der Waals surface area contributed by atoms with Crippen LogP contribution in [0, 0.1) is 17.8 Å². The highest BCUT2D eigenvalue weighted by Crippen LogP contribution is 2.27. The van der Waals surface area contributed by atoms with Gasteiger partial charge in [0.2, 0.25) is 0 Å². The van der Waals surface area contributed by atoms with E-state index in [2.05, 4.69) is 18.8 Å². The Morgan fingerprint density at radius 3 is 2.71 bits per heavy atom. The number of nitrogens with zero attached hydrogens (tertiary/aromatic N) is 1. The van der Waals surface area contributed by atoms with Gasteiger partial charge in [-0.1, -0.05) is 24.8 Å². The Kier molecular flexibility index (Phi) is 5.41. The van der Waals surface area contributed by atoms with Crippen molar-refractivity contribution in [3.8, 4) is 11.8 Å². The Morgan fingerprint density at radius 1 is 1.33 bits per heavy atom. The summed E-state index contributed by atoms with van der Waals surface area (Å²) >= 11 is 0. The first-order valence-electron chi connectivity index (χ1n) is 7.68. The molecule has 1 amide bonds. The van der Waals surface area contributed by atoms with Crippen LogP contribution in [0.2, 0.25) is 0 Å².